The van der Waals surface area contributed by atoms with Crippen LogP contribution in [-0.2, 0) is 17.3 Å². The molecule has 3 aromatic carbocycles. The first-order chi connectivity index (χ1) is 17.5. The van der Waals surface area contributed by atoms with Crippen molar-refractivity contribution < 1.29 is 14.3 Å². The van der Waals surface area contributed by atoms with Crippen LogP contribution in [0.4, 0.5) is 10.1 Å². The van der Waals surface area contributed by atoms with Crippen LogP contribution in [-0.4, -0.2) is 17.6 Å². The molecule has 0 saturated heterocycles. The monoisotopic (exact) mass is 498 g/mol. The van der Waals surface area contributed by atoms with E-state index in [4.69, 9.17) is 5.73 Å². The van der Waals surface area contributed by atoms with Gasteiger partial charge in [0.2, 0.25) is 5.91 Å². The van der Waals surface area contributed by atoms with E-state index in [9.17, 15) is 14.3 Å². The molecule has 192 valence electrons. The minimum atomic E-state index is -0.973. The Bertz CT molecular complexity index is 1350. The van der Waals surface area contributed by atoms with Gasteiger partial charge in [-0.25, -0.2) is 4.39 Å². The van der Waals surface area contributed by atoms with Crippen molar-refractivity contribution in [1.82, 2.24) is 0 Å². The summed E-state index contributed by atoms with van der Waals surface area (Å²) in [6.07, 6.45) is 1.91. The van der Waals surface area contributed by atoms with E-state index in [0.717, 1.165) is 36.1 Å². The van der Waals surface area contributed by atoms with Crippen LogP contribution in [0.1, 0.15) is 84.8 Å². The summed E-state index contributed by atoms with van der Waals surface area (Å²) in [6.45, 7) is 9.75. The van der Waals surface area contributed by atoms with E-state index in [2.05, 4.69) is 50.9 Å². The van der Waals surface area contributed by atoms with Crippen LogP contribution >= 0.6 is 0 Å². The number of aliphatic hydroxyl groups excluding tert-OH is 1. The third kappa shape index (κ3) is 6.03. The average Bonchev–Trinajstić information content (AvgIpc) is 2.86. The molecule has 0 spiro atoms. The normalized spacial score (nSPS) is 16.2. The fourth-order valence-electron chi connectivity index (χ4n) is 5.05. The summed E-state index contributed by atoms with van der Waals surface area (Å²) in [5.41, 5.74) is 11.7. The third-order valence-electron chi connectivity index (χ3n) is 7.42. The fraction of sp³-hybridized carbons (Fsp3) is 0.344. The van der Waals surface area contributed by atoms with Crippen molar-refractivity contribution in [2.75, 3.05) is 11.9 Å². The summed E-state index contributed by atoms with van der Waals surface area (Å²) < 4.78 is 13.3. The van der Waals surface area contributed by atoms with Crippen molar-refractivity contribution in [3.05, 3.63) is 99.9 Å². The lowest BCUT2D eigenvalue weighted by atomic mass is 9.62. The number of benzene rings is 3. The number of rotatable bonds is 6. The van der Waals surface area contributed by atoms with Crippen molar-refractivity contribution in [1.29, 1.82) is 0 Å². The van der Waals surface area contributed by atoms with Gasteiger partial charge in [-0.05, 0) is 94.8 Å². The number of primary amides is 1. The molecular weight excluding hydrogens is 463 g/mol. The summed E-state index contributed by atoms with van der Waals surface area (Å²) in [6, 6.07) is 17.4. The molecule has 1 unspecified atom stereocenters. The van der Waals surface area contributed by atoms with E-state index in [1.54, 1.807) is 24.3 Å². The summed E-state index contributed by atoms with van der Waals surface area (Å²) >= 11 is 0. The van der Waals surface area contributed by atoms with Gasteiger partial charge in [-0.1, -0.05) is 57.7 Å². The van der Waals surface area contributed by atoms with Gasteiger partial charge >= 0.3 is 0 Å². The van der Waals surface area contributed by atoms with Crippen LogP contribution in [0.3, 0.4) is 0 Å². The van der Waals surface area contributed by atoms with E-state index in [-0.39, 0.29) is 16.6 Å². The number of hydrogen-bond acceptors (Lipinski definition) is 3. The maximum absolute atomic E-state index is 13.3. The summed E-state index contributed by atoms with van der Waals surface area (Å²) in [5.74, 6) is 5.25. The second kappa shape index (κ2) is 10.4. The van der Waals surface area contributed by atoms with E-state index >= 15 is 0 Å². The molecule has 4 rings (SSSR count). The maximum Gasteiger partial charge on any atom is 0.248 e. The van der Waals surface area contributed by atoms with E-state index in [1.807, 2.05) is 18.2 Å². The molecule has 0 saturated carbocycles. The number of fused-ring (bicyclic) bond motifs is 1. The molecule has 1 aliphatic rings. The molecule has 1 amide bonds. The smallest absolute Gasteiger partial charge is 0.248 e. The molecule has 3 aromatic rings. The first kappa shape index (κ1) is 26.4. The van der Waals surface area contributed by atoms with Gasteiger partial charge in [-0.2, -0.15) is 0 Å². The van der Waals surface area contributed by atoms with Gasteiger partial charge in [0.25, 0.3) is 0 Å². The lowest BCUT2D eigenvalue weighted by molar-refractivity contribution is 0.1000. The number of nitrogens with two attached hydrogens (primary N) is 1. The Morgan fingerprint density at radius 2 is 1.68 bits per heavy atom. The van der Waals surface area contributed by atoms with Crippen molar-refractivity contribution in [3.8, 4) is 11.8 Å². The number of carbonyl (C=O) groups is 1. The lowest BCUT2D eigenvalue weighted by Crippen LogP contribution is -2.35. The molecule has 1 aliphatic carbocycles. The van der Waals surface area contributed by atoms with Gasteiger partial charge in [0, 0.05) is 23.4 Å². The molecule has 5 heteroatoms. The number of anilines is 1. The van der Waals surface area contributed by atoms with Gasteiger partial charge in [0.15, 0.2) is 0 Å². The highest BCUT2D eigenvalue weighted by molar-refractivity contribution is 5.92. The average molecular weight is 499 g/mol. The van der Waals surface area contributed by atoms with Crippen molar-refractivity contribution in [3.63, 3.8) is 0 Å². The van der Waals surface area contributed by atoms with E-state index in [1.165, 1.54) is 23.3 Å². The number of hydrogen-bond donors (Lipinski definition) is 3. The number of nitrogens with one attached hydrogen (secondary N) is 1. The molecule has 0 radical (unpaired) electrons. The van der Waals surface area contributed by atoms with Crippen LogP contribution in [0.2, 0.25) is 0 Å². The molecule has 37 heavy (non-hydrogen) atoms. The fourth-order valence-corrected chi connectivity index (χ4v) is 5.05. The van der Waals surface area contributed by atoms with Crippen LogP contribution in [0.15, 0.2) is 60.7 Å². The Kier molecular flexibility index (Phi) is 7.43. The maximum atomic E-state index is 13.3. The quantitative estimate of drug-likeness (QED) is 0.364. The molecule has 0 aromatic heterocycles. The van der Waals surface area contributed by atoms with Crippen molar-refractivity contribution in [2.45, 2.75) is 63.9 Å². The Balaban J connectivity index is 1.65. The number of amides is 1. The van der Waals surface area contributed by atoms with Crippen LogP contribution < -0.4 is 11.1 Å². The van der Waals surface area contributed by atoms with Crippen LogP contribution in [0.25, 0.3) is 0 Å². The summed E-state index contributed by atoms with van der Waals surface area (Å²) in [5, 5.41) is 14.7. The zero-order valence-corrected chi connectivity index (χ0v) is 22.0. The minimum Gasteiger partial charge on any atom is -0.384 e. The van der Waals surface area contributed by atoms with Gasteiger partial charge in [0.1, 0.15) is 11.9 Å². The molecule has 1 atom stereocenters. The molecule has 0 fully saturated rings. The molecule has 4 nitrogen and oxygen atoms in total. The summed E-state index contributed by atoms with van der Waals surface area (Å²) in [4.78, 5) is 11.3. The zero-order chi connectivity index (χ0) is 26.8. The topological polar surface area (TPSA) is 75.3 Å². The second-order valence-electron chi connectivity index (χ2n) is 11.2. The molecule has 0 aliphatic heterocycles. The Labute approximate surface area is 219 Å². The van der Waals surface area contributed by atoms with Crippen LogP contribution in [0, 0.1) is 17.7 Å². The Morgan fingerprint density at radius 1 is 1.03 bits per heavy atom. The number of carbonyl (C=O) groups excluding carboxylic acids is 1. The largest absolute Gasteiger partial charge is 0.384 e. The Morgan fingerprint density at radius 3 is 2.32 bits per heavy atom. The predicted octanol–water partition coefficient (Wildman–Crippen LogP) is 6.01. The minimum absolute atomic E-state index is 0.0135. The SMILES string of the molecule is CC1(C)CCC(C)(C)c2c(NCCc3ccc(F)cc3)cc(C(O)C#Cc3ccc(C(N)=O)cc3)cc21. The van der Waals surface area contributed by atoms with Gasteiger partial charge < -0.3 is 16.2 Å². The van der Waals surface area contributed by atoms with Gasteiger partial charge in [0.05, 0.1) is 0 Å². The van der Waals surface area contributed by atoms with Gasteiger partial charge in [-0.15, -0.1) is 0 Å². The highest BCUT2D eigenvalue weighted by Gasteiger charge is 2.39. The molecular formula is C32H35FN2O2. The summed E-state index contributed by atoms with van der Waals surface area (Å²) in [7, 11) is 0. The van der Waals surface area contributed by atoms with E-state index < -0.39 is 12.0 Å². The van der Waals surface area contributed by atoms with E-state index in [0.29, 0.717) is 17.7 Å². The first-order valence-electron chi connectivity index (χ1n) is 12.7. The van der Waals surface area contributed by atoms with Gasteiger partial charge in [-0.3, -0.25) is 4.79 Å². The predicted molar refractivity (Wildman–Crippen MR) is 147 cm³/mol. The number of halogens is 1. The molecule has 4 N–H and O–H groups in total. The second-order valence-corrected chi connectivity index (χ2v) is 11.2. The standard InChI is InChI=1S/C32H35FN2O2/c1-31(2)16-17-32(3,4)29-26(31)19-24(20-27(29)35-18-15-22-7-12-25(33)13-8-22)28(36)14-9-21-5-10-23(11-6-21)30(34)37/h5-8,10-13,19-20,28,35-36H,15-18H2,1-4H3,(H2,34,37). The third-order valence-corrected chi connectivity index (χ3v) is 7.42. The van der Waals surface area contributed by atoms with Crippen molar-refractivity contribution >= 4 is 11.6 Å². The highest BCUT2D eigenvalue weighted by atomic mass is 19.1. The van der Waals surface area contributed by atoms with Crippen molar-refractivity contribution in [2.24, 2.45) is 5.73 Å². The Hall–Kier alpha value is -3.62. The van der Waals surface area contributed by atoms with Crippen LogP contribution in [0.5, 0.6) is 0 Å². The number of aliphatic hydroxyl groups is 1. The molecule has 0 bridgehead atoms. The zero-order valence-electron chi connectivity index (χ0n) is 22.0. The highest BCUT2D eigenvalue weighted by Crippen LogP contribution is 2.49. The molecule has 0 heterocycles. The lowest BCUT2D eigenvalue weighted by Gasteiger charge is -2.43. The first-order valence-corrected chi connectivity index (χ1v) is 12.7.